The molecule has 34 heavy (non-hydrogen) atoms. The van der Waals surface area contributed by atoms with Crippen molar-refractivity contribution < 1.29 is 24.1 Å². The molecular formula is C25H30N4O5. The number of benzene rings is 2. The highest BCUT2D eigenvalue weighted by Crippen LogP contribution is 2.24. The summed E-state index contributed by atoms with van der Waals surface area (Å²) in [7, 11) is 1.59. The number of rotatable bonds is 12. The summed E-state index contributed by atoms with van der Waals surface area (Å²) in [5, 5.41) is 12.6. The minimum absolute atomic E-state index is 0.0617. The quantitative estimate of drug-likeness (QED) is 0.230. The SMILES string of the molecule is COc1ccc(N(Cc2nc(-c3ccc(C)cc3)no2)C(=O)CCCCCCC(=O)NO)cc1. The third-order valence-electron chi connectivity index (χ3n) is 5.43. The van der Waals surface area contributed by atoms with E-state index < -0.39 is 5.91 Å². The van der Waals surface area contributed by atoms with Crippen LogP contribution in [0.25, 0.3) is 11.4 Å². The molecule has 0 aliphatic carbocycles. The Morgan fingerprint density at radius 2 is 1.68 bits per heavy atom. The number of carbonyl (C=O) groups is 2. The van der Waals surface area contributed by atoms with Gasteiger partial charge in [0.15, 0.2) is 0 Å². The molecule has 2 N–H and O–H groups in total. The molecule has 1 heterocycles. The fourth-order valence-electron chi connectivity index (χ4n) is 3.47. The first-order valence-electron chi connectivity index (χ1n) is 11.3. The highest BCUT2D eigenvalue weighted by atomic mass is 16.5. The standard InChI is InChI=1S/C25H30N4O5/c1-18-9-11-19(12-10-18)25-26-23(34-28-25)17-29(20-13-15-21(33-2)16-14-20)24(31)8-6-4-3-5-7-22(30)27-32/h9-16,32H,3-8,17H2,1-2H3,(H,27,30). The molecular weight excluding hydrogens is 436 g/mol. The number of hydrogen-bond acceptors (Lipinski definition) is 7. The summed E-state index contributed by atoms with van der Waals surface area (Å²) in [6.45, 7) is 2.16. The van der Waals surface area contributed by atoms with Crippen LogP contribution in [0.3, 0.4) is 0 Å². The van der Waals surface area contributed by atoms with Crippen molar-refractivity contribution in [3.8, 4) is 17.1 Å². The van der Waals surface area contributed by atoms with E-state index in [9.17, 15) is 9.59 Å². The van der Waals surface area contributed by atoms with E-state index in [1.807, 2.05) is 43.3 Å². The molecule has 0 saturated heterocycles. The largest absolute Gasteiger partial charge is 0.497 e. The van der Waals surface area contributed by atoms with Crippen molar-refractivity contribution in [1.29, 1.82) is 0 Å². The normalized spacial score (nSPS) is 10.7. The van der Waals surface area contributed by atoms with Crippen LogP contribution in [0.2, 0.25) is 0 Å². The summed E-state index contributed by atoms with van der Waals surface area (Å²) in [6, 6.07) is 15.1. The van der Waals surface area contributed by atoms with Crippen LogP contribution in [0.4, 0.5) is 5.69 Å². The maximum absolute atomic E-state index is 13.1. The molecule has 0 aliphatic heterocycles. The molecule has 0 aliphatic rings. The Balaban J connectivity index is 1.65. The van der Waals surface area contributed by atoms with Crippen LogP contribution in [0.1, 0.15) is 50.0 Å². The number of hydrogen-bond donors (Lipinski definition) is 2. The van der Waals surface area contributed by atoms with Crippen LogP contribution in [-0.2, 0) is 16.1 Å². The lowest BCUT2D eigenvalue weighted by molar-refractivity contribution is -0.129. The van der Waals surface area contributed by atoms with Gasteiger partial charge in [0.05, 0.1) is 7.11 Å². The average molecular weight is 467 g/mol. The minimum atomic E-state index is -0.397. The van der Waals surface area contributed by atoms with Gasteiger partial charge < -0.3 is 14.2 Å². The van der Waals surface area contributed by atoms with E-state index in [4.69, 9.17) is 14.5 Å². The van der Waals surface area contributed by atoms with E-state index in [0.29, 0.717) is 42.4 Å². The Bertz CT molecular complexity index is 1060. The fraction of sp³-hybridized carbons (Fsp3) is 0.360. The molecule has 0 bridgehead atoms. The van der Waals surface area contributed by atoms with Gasteiger partial charge in [0, 0.05) is 24.1 Å². The zero-order valence-electron chi connectivity index (χ0n) is 19.5. The van der Waals surface area contributed by atoms with Crippen LogP contribution in [0.5, 0.6) is 5.75 Å². The number of methoxy groups -OCH3 is 1. The van der Waals surface area contributed by atoms with Crippen LogP contribution in [0.15, 0.2) is 53.1 Å². The van der Waals surface area contributed by atoms with Gasteiger partial charge in [0.1, 0.15) is 12.3 Å². The average Bonchev–Trinajstić information content (AvgIpc) is 3.33. The molecule has 3 rings (SSSR count). The first-order valence-corrected chi connectivity index (χ1v) is 11.3. The number of carbonyl (C=O) groups excluding carboxylic acids is 2. The smallest absolute Gasteiger partial charge is 0.247 e. The molecule has 2 amide bonds. The Labute approximate surface area is 198 Å². The number of nitrogens with one attached hydrogen (secondary N) is 1. The molecule has 0 spiro atoms. The maximum Gasteiger partial charge on any atom is 0.247 e. The summed E-state index contributed by atoms with van der Waals surface area (Å²) in [5.74, 6) is 1.06. The van der Waals surface area contributed by atoms with Crippen LogP contribution >= 0.6 is 0 Å². The number of amides is 2. The van der Waals surface area contributed by atoms with Crippen LogP contribution in [-0.4, -0.2) is 34.3 Å². The van der Waals surface area contributed by atoms with Gasteiger partial charge in [0.2, 0.25) is 23.5 Å². The third-order valence-corrected chi connectivity index (χ3v) is 5.43. The molecule has 0 saturated carbocycles. The molecule has 9 heteroatoms. The lowest BCUT2D eigenvalue weighted by atomic mass is 10.1. The van der Waals surface area contributed by atoms with Gasteiger partial charge in [-0.2, -0.15) is 4.98 Å². The highest BCUT2D eigenvalue weighted by molar-refractivity contribution is 5.93. The number of hydroxylamine groups is 1. The first kappa shape index (κ1) is 24.9. The van der Waals surface area contributed by atoms with Crippen molar-refractivity contribution in [2.75, 3.05) is 12.0 Å². The van der Waals surface area contributed by atoms with Gasteiger partial charge in [-0.3, -0.25) is 14.8 Å². The van der Waals surface area contributed by atoms with Gasteiger partial charge in [-0.05, 0) is 44.0 Å². The van der Waals surface area contributed by atoms with Crippen molar-refractivity contribution >= 4 is 17.5 Å². The lowest BCUT2D eigenvalue weighted by Gasteiger charge is -2.21. The molecule has 180 valence electrons. The molecule has 0 unspecified atom stereocenters. The topological polar surface area (TPSA) is 118 Å². The number of ether oxygens (including phenoxy) is 1. The van der Waals surface area contributed by atoms with Crippen molar-refractivity contribution in [2.45, 2.75) is 52.0 Å². The minimum Gasteiger partial charge on any atom is -0.497 e. The number of aryl methyl sites for hydroxylation is 1. The first-order chi connectivity index (χ1) is 16.5. The predicted octanol–water partition coefficient (Wildman–Crippen LogP) is 4.43. The maximum atomic E-state index is 13.1. The molecule has 3 aromatic rings. The molecule has 0 fully saturated rings. The number of anilines is 1. The van der Waals surface area contributed by atoms with E-state index >= 15 is 0 Å². The molecule has 2 aromatic carbocycles. The van der Waals surface area contributed by atoms with E-state index in [-0.39, 0.29) is 18.9 Å². The second-order valence-electron chi connectivity index (χ2n) is 8.00. The van der Waals surface area contributed by atoms with Gasteiger partial charge in [-0.15, -0.1) is 0 Å². The van der Waals surface area contributed by atoms with Gasteiger partial charge >= 0.3 is 0 Å². The van der Waals surface area contributed by atoms with E-state index in [1.165, 1.54) is 0 Å². The zero-order chi connectivity index (χ0) is 24.3. The zero-order valence-corrected chi connectivity index (χ0v) is 19.5. The van der Waals surface area contributed by atoms with Gasteiger partial charge in [-0.1, -0.05) is 47.8 Å². The second-order valence-corrected chi connectivity index (χ2v) is 8.00. The van der Waals surface area contributed by atoms with Crippen LogP contribution < -0.4 is 15.1 Å². The van der Waals surface area contributed by atoms with Crippen molar-refractivity contribution in [2.24, 2.45) is 0 Å². The summed E-state index contributed by atoms with van der Waals surface area (Å²) < 4.78 is 10.7. The highest BCUT2D eigenvalue weighted by Gasteiger charge is 2.20. The van der Waals surface area contributed by atoms with E-state index in [1.54, 1.807) is 29.6 Å². The number of nitrogens with zero attached hydrogens (tertiary/aromatic N) is 3. The van der Waals surface area contributed by atoms with E-state index in [2.05, 4.69) is 10.1 Å². The Morgan fingerprint density at radius 3 is 2.32 bits per heavy atom. The number of unbranched alkanes of at least 4 members (excludes halogenated alkanes) is 3. The lowest BCUT2D eigenvalue weighted by Crippen LogP contribution is -2.30. The third kappa shape index (κ3) is 7.14. The van der Waals surface area contributed by atoms with Crippen molar-refractivity contribution in [3.05, 3.63) is 60.0 Å². The fourth-order valence-corrected chi connectivity index (χ4v) is 3.47. The Morgan fingerprint density at radius 1 is 1.00 bits per heavy atom. The second kappa shape index (κ2) is 12.5. The molecule has 0 atom stereocenters. The van der Waals surface area contributed by atoms with E-state index in [0.717, 1.165) is 24.0 Å². The van der Waals surface area contributed by atoms with Crippen molar-refractivity contribution in [1.82, 2.24) is 15.6 Å². The van der Waals surface area contributed by atoms with Gasteiger partial charge in [-0.25, -0.2) is 5.48 Å². The molecule has 0 radical (unpaired) electrons. The Hall–Kier alpha value is -3.72. The number of aromatic nitrogens is 2. The summed E-state index contributed by atoms with van der Waals surface area (Å²) in [6.07, 6.45) is 3.56. The van der Waals surface area contributed by atoms with Crippen molar-refractivity contribution in [3.63, 3.8) is 0 Å². The predicted molar refractivity (Wildman–Crippen MR) is 126 cm³/mol. The molecule has 1 aromatic heterocycles. The van der Waals surface area contributed by atoms with Crippen LogP contribution in [0, 0.1) is 6.92 Å². The summed E-state index contributed by atoms with van der Waals surface area (Å²) in [4.78, 5) is 30.3. The van der Waals surface area contributed by atoms with Gasteiger partial charge in [0.25, 0.3) is 0 Å². The summed E-state index contributed by atoms with van der Waals surface area (Å²) >= 11 is 0. The Kier molecular flexibility index (Phi) is 9.16. The molecule has 9 nitrogen and oxygen atoms in total. The summed E-state index contributed by atoms with van der Waals surface area (Å²) in [5.41, 5.74) is 4.32. The monoisotopic (exact) mass is 466 g/mol.